The summed E-state index contributed by atoms with van der Waals surface area (Å²) in [6.07, 6.45) is 1.22. The highest BCUT2D eigenvalue weighted by Gasteiger charge is 2.14. The zero-order valence-electron chi connectivity index (χ0n) is 11.4. The van der Waals surface area contributed by atoms with Crippen molar-refractivity contribution >= 4 is 11.8 Å². The van der Waals surface area contributed by atoms with Crippen molar-refractivity contribution < 1.29 is 4.74 Å². The number of hydrogen-bond donors (Lipinski definition) is 1. The zero-order chi connectivity index (χ0) is 12.8. The molecule has 0 aromatic heterocycles. The number of nitrogens with one attached hydrogen (secondary N) is 1. The molecule has 100 valence electrons. The highest BCUT2D eigenvalue weighted by atomic mass is 32.2. The van der Waals surface area contributed by atoms with E-state index in [4.69, 9.17) is 4.74 Å². The van der Waals surface area contributed by atoms with Crippen molar-refractivity contribution in [2.24, 2.45) is 5.92 Å². The van der Waals surface area contributed by atoms with Gasteiger partial charge in [-0.15, -0.1) is 11.8 Å². The fourth-order valence-corrected chi connectivity index (χ4v) is 3.16. The lowest BCUT2D eigenvalue weighted by Crippen LogP contribution is -2.25. The molecule has 0 radical (unpaired) electrons. The molecule has 1 aliphatic rings. The van der Waals surface area contributed by atoms with Gasteiger partial charge in [-0.05, 0) is 37.8 Å². The molecular formula is C15H23NOS. The number of rotatable bonds is 6. The molecule has 0 spiro atoms. The minimum Gasteiger partial charge on any atom is -0.381 e. The highest BCUT2D eigenvalue weighted by Crippen LogP contribution is 2.22. The van der Waals surface area contributed by atoms with E-state index < -0.39 is 0 Å². The number of aryl methyl sites for hydroxylation is 2. The van der Waals surface area contributed by atoms with Crippen molar-refractivity contribution in [3.63, 3.8) is 0 Å². The van der Waals surface area contributed by atoms with Gasteiger partial charge in [-0.3, -0.25) is 0 Å². The Hall–Kier alpha value is -0.510. The Bertz CT molecular complexity index is 375. The lowest BCUT2D eigenvalue weighted by atomic mass is 10.1. The molecule has 1 aromatic rings. The van der Waals surface area contributed by atoms with Crippen molar-refractivity contribution in [3.8, 4) is 0 Å². The first kappa shape index (κ1) is 13.9. The second-order valence-corrected chi connectivity index (χ2v) is 6.19. The molecule has 1 atom stereocenters. The first-order valence-corrected chi connectivity index (χ1v) is 7.73. The van der Waals surface area contributed by atoms with E-state index >= 15 is 0 Å². The Balaban J connectivity index is 1.62. The predicted molar refractivity (Wildman–Crippen MR) is 78.4 cm³/mol. The summed E-state index contributed by atoms with van der Waals surface area (Å²) in [5.74, 6) is 1.87. The van der Waals surface area contributed by atoms with E-state index in [2.05, 4.69) is 37.4 Å². The van der Waals surface area contributed by atoms with E-state index in [1.54, 1.807) is 0 Å². The van der Waals surface area contributed by atoms with Crippen LogP contribution in [-0.2, 0) is 4.74 Å². The van der Waals surface area contributed by atoms with Crippen molar-refractivity contribution in [1.82, 2.24) is 5.32 Å². The Morgan fingerprint density at radius 1 is 1.39 bits per heavy atom. The van der Waals surface area contributed by atoms with Gasteiger partial charge in [0.05, 0.1) is 6.61 Å². The largest absolute Gasteiger partial charge is 0.381 e. The molecule has 1 unspecified atom stereocenters. The third kappa shape index (κ3) is 4.30. The third-order valence-corrected chi connectivity index (χ3v) is 4.50. The molecule has 2 nitrogen and oxygen atoms in total. The number of benzene rings is 1. The van der Waals surface area contributed by atoms with Crippen LogP contribution in [0.25, 0.3) is 0 Å². The maximum Gasteiger partial charge on any atom is 0.0507 e. The minimum atomic E-state index is 0.733. The molecular weight excluding hydrogens is 242 g/mol. The SMILES string of the molecule is Cc1ccc(SCCNCC2CCOC2)c(C)c1. The summed E-state index contributed by atoms with van der Waals surface area (Å²) in [7, 11) is 0. The number of ether oxygens (including phenoxy) is 1. The van der Waals surface area contributed by atoms with E-state index in [1.807, 2.05) is 11.8 Å². The van der Waals surface area contributed by atoms with Crippen LogP contribution >= 0.6 is 11.8 Å². The van der Waals surface area contributed by atoms with Crippen LogP contribution in [-0.4, -0.2) is 32.1 Å². The third-order valence-electron chi connectivity index (χ3n) is 3.32. The molecule has 3 heteroatoms. The smallest absolute Gasteiger partial charge is 0.0507 e. The van der Waals surface area contributed by atoms with Gasteiger partial charge >= 0.3 is 0 Å². The predicted octanol–water partition coefficient (Wildman–Crippen LogP) is 3.02. The minimum absolute atomic E-state index is 0.733. The molecule has 1 aliphatic heterocycles. The van der Waals surface area contributed by atoms with E-state index in [1.165, 1.54) is 22.4 Å². The van der Waals surface area contributed by atoms with Crippen LogP contribution in [0.4, 0.5) is 0 Å². The van der Waals surface area contributed by atoms with Gasteiger partial charge in [0.25, 0.3) is 0 Å². The summed E-state index contributed by atoms with van der Waals surface area (Å²) in [5.41, 5.74) is 2.74. The first-order chi connectivity index (χ1) is 8.75. The van der Waals surface area contributed by atoms with E-state index in [0.717, 1.165) is 38.0 Å². The second kappa shape index (κ2) is 7.17. The molecule has 1 fully saturated rings. The Kier molecular flexibility index (Phi) is 5.54. The van der Waals surface area contributed by atoms with Crippen molar-refractivity contribution in [1.29, 1.82) is 0 Å². The quantitative estimate of drug-likeness (QED) is 0.631. The Morgan fingerprint density at radius 3 is 3.00 bits per heavy atom. The lowest BCUT2D eigenvalue weighted by Gasteiger charge is -2.10. The van der Waals surface area contributed by atoms with Crippen LogP contribution in [0.5, 0.6) is 0 Å². The fourth-order valence-electron chi connectivity index (χ4n) is 2.24. The molecule has 1 heterocycles. The number of hydrogen-bond acceptors (Lipinski definition) is 3. The summed E-state index contributed by atoms with van der Waals surface area (Å²) in [4.78, 5) is 1.41. The lowest BCUT2D eigenvalue weighted by molar-refractivity contribution is 0.185. The second-order valence-electron chi connectivity index (χ2n) is 5.05. The van der Waals surface area contributed by atoms with Gasteiger partial charge in [-0.25, -0.2) is 0 Å². The topological polar surface area (TPSA) is 21.3 Å². The molecule has 1 aromatic carbocycles. The average Bonchev–Trinajstić information content (AvgIpc) is 2.84. The van der Waals surface area contributed by atoms with Crippen LogP contribution < -0.4 is 5.32 Å². The molecule has 0 aliphatic carbocycles. The average molecular weight is 265 g/mol. The summed E-state index contributed by atoms with van der Waals surface area (Å²) < 4.78 is 5.37. The normalized spacial score (nSPS) is 19.3. The van der Waals surface area contributed by atoms with E-state index in [9.17, 15) is 0 Å². The van der Waals surface area contributed by atoms with Crippen LogP contribution in [0.1, 0.15) is 17.5 Å². The van der Waals surface area contributed by atoms with Gasteiger partial charge in [-0.2, -0.15) is 0 Å². The Morgan fingerprint density at radius 2 is 2.28 bits per heavy atom. The molecule has 0 saturated carbocycles. The van der Waals surface area contributed by atoms with Crippen molar-refractivity contribution in [3.05, 3.63) is 29.3 Å². The van der Waals surface area contributed by atoms with E-state index in [0.29, 0.717) is 0 Å². The maximum absolute atomic E-state index is 5.37. The van der Waals surface area contributed by atoms with Crippen LogP contribution in [0.15, 0.2) is 23.1 Å². The van der Waals surface area contributed by atoms with Crippen LogP contribution in [0, 0.1) is 19.8 Å². The maximum atomic E-state index is 5.37. The molecule has 0 amide bonds. The summed E-state index contributed by atoms with van der Waals surface area (Å²) in [6.45, 7) is 8.41. The summed E-state index contributed by atoms with van der Waals surface area (Å²) in [5, 5.41) is 3.53. The Labute approximate surface area is 114 Å². The first-order valence-electron chi connectivity index (χ1n) is 6.74. The van der Waals surface area contributed by atoms with Gasteiger partial charge in [-0.1, -0.05) is 17.7 Å². The van der Waals surface area contributed by atoms with Gasteiger partial charge in [0.2, 0.25) is 0 Å². The molecule has 1 N–H and O–H groups in total. The monoisotopic (exact) mass is 265 g/mol. The van der Waals surface area contributed by atoms with Crippen molar-refractivity contribution in [2.45, 2.75) is 25.2 Å². The van der Waals surface area contributed by atoms with Gasteiger partial charge in [0.1, 0.15) is 0 Å². The summed E-state index contributed by atoms with van der Waals surface area (Å²) in [6, 6.07) is 6.68. The van der Waals surface area contributed by atoms with Gasteiger partial charge in [0.15, 0.2) is 0 Å². The number of thioether (sulfide) groups is 1. The zero-order valence-corrected chi connectivity index (χ0v) is 12.2. The molecule has 0 bridgehead atoms. The summed E-state index contributed by atoms with van der Waals surface area (Å²) >= 11 is 1.94. The highest BCUT2D eigenvalue weighted by molar-refractivity contribution is 7.99. The van der Waals surface area contributed by atoms with E-state index in [-0.39, 0.29) is 0 Å². The van der Waals surface area contributed by atoms with Gasteiger partial charge in [0, 0.05) is 30.3 Å². The van der Waals surface area contributed by atoms with Crippen LogP contribution in [0.2, 0.25) is 0 Å². The standard InChI is InChI=1S/C15H23NOS/c1-12-3-4-15(13(2)9-12)18-8-6-16-10-14-5-7-17-11-14/h3-4,9,14,16H,5-8,10-11H2,1-2H3. The molecule has 18 heavy (non-hydrogen) atoms. The van der Waals surface area contributed by atoms with Crippen LogP contribution in [0.3, 0.4) is 0 Å². The molecule has 2 rings (SSSR count). The van der Waals surface area contributed by atoms with Crippen molar-refractivity contribution in [2.75, 3.05) is 32.1 Å². The van der Waals surface area contributed by atoms with Gasteiger partial charge < -0.3 is 10.1 Å². The fraction of sp³-hybridized carbons (Fsp3) is 0.600. The molecule has 1 saturated heterocycles.